The lowest BCUT2D eigenvalue weighted by atomic mass is 9.82. The Kier molecular flexibility index (Phi) is 4.62. The molecule has 1 aliphatic rings. The van der Waals surface area contributed by atoms with E-state index >= 15 is 0 Å². The van der Waals surface area contributed by atoms with E-state index in [2.05, 4.69) is 12.2 Å². The molecule has 0 aliphatic carbocycles. The number of rotatable bonds is 5. The summed E-state index contributed by atoms with van der Waals surface area (Å²) >= 11 is 0. The second-order valence-corrected chi connectivity index (χ2v) is 5.54. The Morgan fingerprint density at radius 2 is 2.14 bits per heavy atom. The van der Waals surface area contributed by atoms with E-state index in [1.54, 1.807) is 0 Å². The van der Waals surface area contributed by atoms with Crippen LogP contribution < -0.4 is 10.1 Å². The molecule has 1 fully saturated rings. The molecule has 0 aromatic heterocycles. The normalized spacial score (nSPS) is 17.3. The van der Waals surface area contributed by atoms with E-state index in [1.807, 2.05) is 0 Å². The Morgan fingerprint density at radius 1 is 1.48 bits per heavy atom. The van der Waals surface area contributed by atoms with Gasteiger partial charge in [-0.25, -0.2) is 4.39 Å². The van der Waals surface area contributed by atoms with Crippen molar-refractivity contribution in [1.29, 1.82) is 0 Å². The molecule has 0 atom stereocenters. The highest BCUT2D eigenvalue weighted by atomic mass is 19.1. The van der Waals surface area contributed by atoms with E-state index < -0.39 is 10.7 Å². The molecular weight excluding hydrogens is 279 g/mol. The van der Waals surface area contributed by atoms with Crippen LogP contribution in [0.25, 0.3) is 0 Å². The highest BCUT2D eigenvalue weighted by molar-refractivity contribution is 5.59. The molecule has 1 aliphatic heterocycles. The number of nitro benzene ring substituents is 1. The molecule has 1 aromatic carbocycles. The number of nitrogens with one attached hydrogen (secondary N) is 1. The van der Waals surface area contributed by atoms with Gasteiger partial charge >= 0.3 is 5.69 Å². The lowest BCUT2D eigenvalue weighted by Gasteiger charge is -2.34. The van der Waals surface area contributed by atoms with Gasteiger partial charge in [0.1, 0.15) is 0 Å². The molecular formula is C14H19FN2O4. The zero-order valence-electron chi connectivity index (χ0n) is 12.1. The van der Waals surface area contributed by atoms with Gasteiger partial charge in [-0.1, -0.05) is 6.92 Å². The van der Waals surface area contributed by atoms with Gasteiger partial charge in [-0.3, -0.25) is 10.1 Å². The van der Waals surface area contributed by atoms with Crippen LogP contribution in [0.3, 0.4) is 0 Å². The molecule has 21 heavy (non-hydrogen) atoms. The van der Waals surface area contributed by atoms with E-state index in [0.29, 0.717) is 19.8 Å². The maximum atomic E-state index is 14.0. The Labute approximate surface area is 122 Å². The predicted molar refractivity (Wildman–Crippen MR) is 76.3 cm³/mol. The summed E-state index contributed by atoms with van der Waals surface area (Å²) < 4.78 is 24.2. The first-order valence-corrected chi connectivity index (χ1v) is 6.79. The Hall–Kier alpha value is -1.89. The van der Waals surface area contributed by atoms with Crippen LogP contribution in [-0.2, 0) is 4.74 Å². The van der Waals surface area contributed by atoms with Gasteiger partial charge in [0, 0.05) is 25.8 Å². The van der Waals surface area contributed by atoms with Crippen LogP contribution >= 0.6 is 0 Å². The van der Waals surface area contributed by atoms with Crippen molar-refractivity contribution in [3.63, 3.8) is 0 Å². The SMILES string of the molecule is COc1cc(NCC2(C)CCOCC2)c(F)cc1[N+](=O)[O-]. The molecule has 0 amide bonds. The first-order valence-electron chi connectivity index (χ1n) is 6.79. The number of benzene rings is 1. The number of halogens is 1. The Bertz CT molecular complexity index is 530. The minimum atomic E-state index is -0.661. The molecule has 0 unspecified atom stereocenters. The van der Waals surface area contributed by atoms with Crippen molar-refractivity contribution in [2.45, 2.75) is 19.8 Å². The average molecular weight is 298 g/mol. The Morgan fingerprint density at radius 3 is 2.71 bits per heavy atom. The lowest BCUT2D eigenvalue weighted by Crippen LogP contribution is -2.33. The van der Waals surface area contributed by atoms with E-state index in [9.17, 15) is 14.5 Å². The first kappa shape index (κ1) is 15.5. The number of ether oxygens (including phenoxy) is 2. The van der Waals surface area contributed by atoms with Crippen LogP contribution in [0, 0.1) is 21.3 Å². The molecule has 2 rings (SSSR count). The third-order valence-corrected chi connectivity index (χ3v) is 3.87. The summed E-state index contributed by atoms with van der Waals surface area (Å²) in [6.07, 6.45) is 1.79. The first-order chi connectivity index (χ1) is 9.95. The summed E-state index contributed by atoms with van der Waals surface area (Å²) in [6, 6.07) is 2.21. The van der Waals surface area contributed by atoms with Gasteiger partial charge in [0.15, 0.2) is 11.6 Å². The van der Waals surface area contributed by atoms with Crippen LogP contribution in [0.4, 0.5) is 15.8 Å². The number of nitrogens with zero attached hydrogens (tertiary/aromatic N) is 1. The number of hydrogen-bond donors (Lipinski definition) is 1. The fourth-order valence-electron chi connectivity index (χ4n) is 2.33. The van der Waals surface area contributed by atoms with Crippen LogP contribution in [0.2, 0.25) is 0 Å². The summed E-state index contributed by atoms with van der Waals surface area (Å²) in [5.74, 6) is -0.612. The minimum Gasteiger partial charge on any atom is -0.490 e. The van der Waals surface area contributed by atoms with Crippen molar-refractivity contribution < 1.29 is 18.8 Å². The summed E-state index contributed by atoms with van der Waals surface area (Å²) in [5.41, 5.74) is -0.136. The predicted octanol–water partition coefficient (Wildman–Crippen LogP) is 2.97. The molecule has 1 heterocycles. The molecule has 0 spiro atoms. The van der Waals surface area contributed by atoms with Crippen molar-refractivity contribution in [2.75, 3.05) is 32.2 Å². The van der Waals surface area contributed by atoms with E-state index in [-0.39, 0.29) is 22.5 Å². The van der Waals surface area contributed by atoms with Crippen LogP contribution in [0.15, 0.2) is 12.1 Å². The van der Waals surface area contributed by atoms with Crippen molar-refractivity contribution >= 4 is 11.4 Å². The molecule has 116 valence electrons. The van der Waals surface area contributed by atoms with Gasteiger partial charge < -0.3 is 14.8 Å². The minimum absolute atomic E-state index is 0.0275. The Balaban J connectivity index is 2.14. The smallest absolute Gasteiger partial charge is 0.313 e. The highest BCUT2D eigenvalue weighted by Gasteiger charge is 2.28. The second-order valence-electron chi connectivity index (χ2n) is 5.54. The topological polar surface area (TPSA) is 73.6 Å². The summed E-state index contributed by atoms with van der Waals surface area (Å²) in [5, 5.41) is 13.9. The molecule has 0 radical (unpaired) electrons. The van der Waals surface area contributed by atoms with Crippen molar-refractivity contribution in [2.24, 2.45) is 5.41 Å². The fraction of sp³-hybridized carbons (Fsp3) is 0.571. The average Bonchev–Trinajstić information content (AvgIpc) is 2.46. The van der Waals surface area contributed by atoms with E-state index in [4.69, 9.17) is 9.47 Å². The zero-order chi connectivity index (χ0) is 15.5. The molecule has 1 aromatic rings. The lowest BCUT2D eigenvalue weighted by molar-refractivity contribution is -0.385. The number of anilines is 1. The maximum Gasteiger partial charge on any atom is 0.313 e. The molecule has 0 saturated carbocycles. The van der Waals surface area contributed by atoms with Crippen molar-refractivity contribution in [3.8, 4) is 5.75 Å². The summed E-state index contributed by atoms with van der Waals surface area (Å²) in [6.45, 7) is 4.09. The third kappa shape index (κ3) is 3.60. The van der Waals surface area contributed by atoms with Crippen molar-refractivity contribution in [1.82, 2.24) is 0 Å². The number of methoxy groups -OCH3 is 1. The van der Waals surface area contributed by atoms with Gasteiger partial charge in [0.05, 0.1) is 23.8 Å². The van der Waals surface area contributed by atoms with Crippen molar-refractivity contribution in [3.05, 3.63) is 28.1 Å². The van der Waals surface area contributed by atoms with Gasteiger partial charge in [-0.15, -0.1) is 0 Å². The van der Waals surface area contributed by atoms with Crippen LogP contribution in [0.1, 0.15) is 19.8 Å². The van der Waals surface area contributed by atoms with Crippen LogP contribution in [0.5, 0.6) is 5.75 Å². The summed E-state index contributed by atoms with van der Waals surface area (Å²) in [7, 11) is 1.32. The number of hydrogen-bond acceptors (Lipinski definition) is 5. The third-order valence-electron chi connectivity index (χ3n) is 3.87. The van der Waals surface area contributed by atoms with E-state index in [0.717, 1.165) is 18.9 Å². The monoisotopic (exact) mass is 298 g/mol. The fourth-order valence-corrected chi connectivity index (χ4v) is 2.33. The van der Waals surface area contributed by atoms with E-state index in [1.165, 1.54) is 13.2 Å². The molecule has 6 nitrogen and oxygen atoms in total. The van der Waals surface area contributed by atoms with Gasteiger partial charge in [0.25, 0.3) is 0 Å². The molecule has 0 bridgehead atoms. The number of nitro groups is 1. The largest absolute Gasteiger partial charge is 0.490 e. The van der Waals surface area contributed by atoms with Crippen LogP contribution in [-0.4, -0.2) is 31.8 Å². The maximum absolute atomic E-state index is 14.0. The van der Waals surface area contributed by atoms with Gasteiger partial charge in [0.2, 0.25) is 0 Å². The molecule has 1 saturated heterocycles. The second kappa shape index (κ2) is 6.26. The van der Waals surface area contributed by atoms with Gasteiger partial charge in [-0.2, -0.15) is 0 Å². The standard InChI is InChI=1S/C14H19FN2O4/c1-14(3-5-21-6-4-14)9-16-11-8-13(20-2)12(17(18)19)7-10(11)15/h7-8,16H,3-6,9H2,1-2H3. The zero-order valence-corrected chi connectivity index (χ0v) is 12.1. The molecule has 1 N–H and O–H groups in total. The molecule has 7 heteroatoms. The summed E-state index contributed by atoms with van der Waals surface area (Å²) in [4.78, 5) is 10.2. The highest BCUT2D eigenvalue weighted by Crippen LogP contribution is 2.34. The van der Waals surface area contributed by atoms with Gasteiger partial charge in [-0.05, 0) is 18.3 Å². The quantitative estimate of drug-likeness (QED) is 0.668.